The van der Waals surface area contributed by atoms with E-state index in [9.17, 15) is 0 Å². The lowest BCUT2D eigenvalue weighted by molar-refractivity contribution is 0.232. The zero-order chi connectivity index (χ0) is 16.2. The summed E-state index contributed by atoms with van der Waals surface area (Å²) in [6.07, 6.45) is 6.50. The lowest BCUT2D eigenvalue weighted by Gasteiger charge is -2.12. The highest BCUT2D eigenvalue weighted by molar-refractivity contribution is 14.0. The SMILES string of the molecule is CN=C(NCCCCSC)NCc1ccc(OC(C)C)nc1.I. The van der Waals surface area contributed by atoms with Crippen LogP contribution in [-0.4, -0.2) is 42.6 Å². The molecule has 1 heterocycles. The van der Waals surface area contributed by atoms with Crippen LogP contribution in [0.15, 0.2) is 23.3 Å². The highest BCUT2D eigenvalue weighted by Gasteiger charge is 2.01. The van der Waals surface area contributed by atoms with E-state index in [1.165, 1.54) is 12.2 Å². The number of aromatic nitrogens is 1. The van der Waals surface area contributed by atoms with E-state index in [1.54, 1.807) is 7.05 Å². The summed E-state index contributed by atoms with van der Waals surface area (Å²) in [5, 5.41) is 6.61. The Balaban J connectivity index is 0.00000484. The molecular formula is C16H29IN4OS. The first-order valence-electron chi connectivity index (χ1n) is 7.70. The second-order valence-electron chi connectivity index (χ2n) is 5.22. The molecule has 1 aromatic heterocycles. The standard InChI is InChI=1S/C16H28N4OS.HI/c1-13(2)21-15-8-7-14(11-19-15)12-20-16(17-3)18-9-5-6-10-22-4;/h7-8,11,13H,5-6,9-10,12H2,1-4H3,(H2,17,18,20);1H. The van der Waals surface area contributed by atoms with Gasteiger partial charge in [-0.15, -0.1) is 24.0 Å². The first-order chi connectivity index (χ1) is 10.7. The number of ether oxygens (including phenoxy) is 1. The van der Waals surface area contributed by atoms with E-state index >= 15 is 0 Å². The Morgan fingerprint density at radius 2 is 2.09 bits per heavy atom. The van der Waals surface area contributed by atoms with Crippen molar-refractivity contribution in [1.82, 2.24) is 15.6 Å². The summed E-state index contributed by atoms with van der Waals surface area (Å²) in [5.74, 6) is 2.70. The van der Waals surface area contributed by atoms with Gasteiger partial charge in [-0.3, -0.25) is 4.99 Å². The van der Waals surface area contributed by atoms with E-state index in [2.05, 4.69) is 26.9 Å². The zero-order valence-electron chi connectivity index (χ0n) is 14.5. The summed E-state index contributed by atoms with van der Waals surface area (Å²) in [5.41, 5.74) is 1.10. The maximum atomic E-state index is 5.53. The van der Waals surface area contributed by atoms with Crippen LogP contribution >= 0.6 is 35.7 Å². The van der Waals surface area contributed by atoms with Gasteiger partial charge >= 0.3 is 0 Å². The first-order valence-corrected chi connectivity index (χ1v) is 9.10. The van der Waals surface area contributed by atoms with Gasteiger partial charge in [0, 0.05) is 32.4 Å². The number of nitrogens with zero attached hydrogens (tertiary/aromatic N) is 2. The van der Waals surface area contributed by atoms with Crippen molar-refractivity contribution >= 4 is 41.7 Å². The summed E-state index contributed by atoms with van der Waals surface area (Å²) in [6, 6.07) is 3.92. The van der Waals surface area contributed by atoms with Gasteiger partial charge in [0.1, 0.15) is 0 Å². The molecule has 0 bridgehead atoms. The summed E-state index contributed by atoms with van der Waals surface area (Å²) in [6.45, 7) is 5.62. The maximum Gasteiger partial charge on any atom is 0.213 e. The van der Waals surface area contributed by atoms with Crippen LogP contribution in [0, 0.1) is 0 Å². The number of guanidine groups is 1. The molecule has 0 atom stereocenters. The van der Waals surface area contributed by atoms with Crippen LogP contribution in [0.25, 0.3) is 0 Å². The second kappa shape index (κ2) is 13.7. The average molecular weight is 452 g/mol. The molecule has 0 saturated carbocycles. The highest BCUT2D eigenvalue weighted by Crippen LogP contribution is 2.09. The minimum Gasteiger partial charge on any atom is -0.475 e. The fourth-order valence-corrected chi connectivity index (χ4v) is 2.30. The number of thioether (sulfide) groups is 1. The predicted molar refractivity (Wildman–Crippen MR) is 111 cm³/mol. The van der Waals surface area contributed by atoms with Gasteiger partial charge in [-0.25, -0.2) is 4.98 Å². The lowest BCUT2D eigenvalue weighted by Crippen LogP contribution is -2.37. The Bertz CT molecular complexity index is 440. The minimum atomic E-state index is 0. The van der Waals surface area contributed by atoms with E-state index in [0.29, 0.717) is 12.4 Å². The number of aliphatic imine (C=N–C) groups is 1. The number of pyridine rings is 1. The van der Waals surface area contributed by atoms with Crippen molar-refractivity contribution in [3.8, 4) is 5.88 Å². The average Bonchev–Trinajstić information content (AvgIpc) is 2.51. The van der Waals surface area contributed by atoms with E-state index < -0.39 is 0 Å². The molecule has 0 aliphatic heterocycles. The minimum absolute atomic E-state index is 0. The topological polar surface area (TPSA) is 58.5 Å². The number of hydrogen-bond donors (Lipinski definition) is 2. The molecule has 0 fully saturated rings. The number of unbranched alkanes of at least 4 members (excludes halogenated alkanes) is 1. The van der Waals surface area contributed by atoms with Crippen LogP contribution in [0.2, 0.25) is 0 Å². The van der Waals surface area contributed by atoms with E-state index in [4.69, 9.17) is 4.74 Å². The van der Waals surface area contributed by atoms with Crippen molar-refractivity contribution in [2.75, 3.05) is 25.6 Å². The number of hydrogen-bond acceptors (Lipinski definition) is 4. The van der Waals surface area contributed by atoms with Crippen molar-refractivity contribution in [2.45, 2.75) is 39.3 Å². The number of rotatable bonds is 9. The summed E-state index contributed by atoms with van der Waals surface area (Å²) in [4.78, 5) is 8.52. The molecule has 7 heteroatoms. The van der Waals surface area contributed by atoms with Crippen LogP contribution in [0.3, 0.4) is 0 Å². The van der Waals surface area contributed by atoms with Gasteiger partial charge in [-0.2, -0.15) is 11.8 Å². The van der Waals surface area contributed by atoms with Gasteiger partial charge in [0.15, 0.2) is 5.96 Å². The molecule has 0 unspecified atom stereocenters. The normalized spacial score (nSPS) is 11.1. The summed E-state index contributed by atoms with van der Waals surface area (Å²) >= 11 is 1.89. The van der Waals surface area contributed by atoms with Crippen molar-refractivity contribution in [3.63, 3.8) is 0 Å². The van der Waals surface area contributed by atoms with Crippen molar-refractivity contribution < 1.29 is 4.74 Å². The third-order valence-electron chi connectivity index (χ3n) is 2.91. The number of nitrogens with one attached hydrogen (secondary N) is 2. The fraction of sp³-hybridized carbons (Fsp3) is 0.625. The van der Waals surface area contributed by atoms with Gasteiger partial charge in [-0.1, -0.05) is 6.07 Å². The molecule has 0 aromatic carbocycles. The van der Waals surface area contributed by atoms with Crippen molar-refractivity contribution in [2.24, 2.45) is 4.99 Å². The predicted octanol–water partition coefficient (Wildman–Crippen LogP) is 3.30. The van der Waals surface area contributed by atoms with Crippen LogP contribution in [-0.2, 0) is 6.54 Å². The van der Waals surface area contributed by atoms with Gasteiger partial charge in [0.05, 0.1) is 6.10 Å². The fourth-order valence-electron chi connectivity index (χ4n) is 1.81. The molecule has 5 nitrogen and oxygen atoms in total. The Kier molecular flexibility index (Phi) is 13.3. The second-order valence-corrected chi connectivity index (χ2v) is 6.21. The van der Waals surface area contributed by atoms with Gasteiger partial charge in [-0.05, 0) is 44.3 Å². The smallest absolute Gasteiger partial charge is 0.213 e. The molecule has 0 amide bonds. The molecule has 0 spiro atoms. The molecule has 1 aromatic rings. The molecule has 0 aliphatic rings. The number of halogens is 1. The van der Waals surface area contributed by atoms with E-state index in [-0.39, 0.29) is 30.1 Å². The van der Waals surface area contributed by atoms with Crippen molar-refractivity contribution in [1.29, 1.82) is 0 Å². The molecule has 23 heavy (non-hydrogen) atoms. The maximum absolute atomic E-state index is 5.53. The summed E-state index contributed by atoms with van der Waals surface area (Å²) in [7, 11) is 1.79. The summed E-state index contributed by atoms with van der Waals surface area (Å²) < 4.78 is 5.53. The third-order valence-corrected chi connectivity index (χ3v) is 3.60. The Morgan fingerprint density at radius 3 is 2.65 bits per heavy atom. The van der Waals surface area contributed by atoms with Crippen LogP contribution in [0.5, 0.6) is 5.88 Å². The third kappa shape index (κ3) is 10.6. The van der Waals surface area contributed by atoms with E-state index in [0.717, 1.165) is 24.5 Å². The Morgan fingerprint density at radius 1 is 1.30 bits per heavy atom. The monoisotopic (exact) mass is 452 g/mol. The zero-order valence-corrected chi connectivity index (χ0v) is 17.6. The Hall–Kier alpha value is -0.700. The van der Waals surface area contributed by atoms with Gasteiger partial charge < -0.3 is 15.4 Å². The highest BCUT2D eigenvalue weighted by atomic mass is 127. The van der Waals surface area contributed by atoms with E-state index in [1.807, 2.05) is 43.9 Å². The lowest BCUT2D eigenvalue weighted by atomic mass is 10.3. The van der Waals surface area contributed by atoms with Crippen LogP contribution < -0.4 is 15.4 Å². The van der Waals surface area contributed by atoms with Gasteiger partial charge in [0.2, 0.25) is 5.88 Å². The molecular weight excluding hydrogens is 423 g/mol. The van der Waals surface area contributed by atoms with Crippen molar-refractivity contribution in [3.05, 3.63) is 23.9 Å². The molecule has 1 rings (SSSR count). The van der Waals surface area contributed by atoms with Gasteiger partial charge in [0.25, 0.3) is 0 Å². The largest absolute Gasteiger partial charge is 0.475 e. The molecule has 2 N–H and O–H groups in total. The molecule has 0 aliphatic carbocycles. The quantitative estimate of drug-likeness (QED) is 0.261. The first kappa shape index (κ1) is 22.3. The van der Waals surface area contributed by atoms with Crippen LogP contribution in [0.1, 0.15) is 32.3 Å². The molecule has 0 saturated heterocycles. The Labute approximate surface area is 161 Å². The van der Waals surface area contributed by atoms with Crippen LogP contribution in [0.4, 0.5) is 0 Å². The molecule has 132 valence electrons. The molecule has 0 radical (unpaired) electrons.